The summed E-state index contributed by atoms with van der Waals surface area (Å²) in [5, 5.41) is 8.37. The molecule has 0 aliphatic carbocycles. The van der Waals surface area contributed by atoms with Crippen LogP contribution in [0.5, 0.6) is 0 Å². The van der Waals surface area contributed by atoms with Crippen LogP contribution >= 0.6 is 11.8 Å². The summed E-state index contributed by atoms with van der Waals surface area (Å²) in [7, 11) is 0. The van der Waals surface area contributed by atoms with Crippen molar-refractivity contribution in [2.45, 2.75) is 30.2 Å². The maximum Gasteiger partial charge on any atom is 0.209 e. The zero-order valence-electron chi connectivity index (χ0n) is 12.7. The van der Waals surface area contributed by atoms with Crippen LogP contribution in [-0.2, 0) is 0 Å². The minimum absolute atomic E-state index is 0.193. The van der Waals surface area contributed by atoms with E-state index in [0.29, 0.717) is 5.92 Å². The third-order valence-corrected chi connectivity index (χ3v) is 4.63. The van der Waals surface area contributed by atoms with Crippen molar-refractivity contribution in [3.8, 4) is 0 Å². The van der Waals surface area contributed by atoms with Gasteiger partial charge < -0.3 is 0 Å². The molecule has 0 bridgehead atoms. The molecule has 0 fully saturated rings. The first kappa shape index (κ1) is 14.9. The first-order valence-electron chi connectivity index (χ1n) is 7.43. The van der Waals surface area contributed by atoms with Gasteiger partial charge in [0.15, 0.2) is 0 Å². The minimum atomic E-state index is 0.193. The number of thioether (sulfide) groups is 1. The van der Waals surface area contributed by atoms with Crippen molar-refractivity contribution >= 4 is 11.8 Å². The number of nitrogens with one attached hydrogen (secondary N) is 1. The van der Waals surface area contributed by atoms with Crippen molar-refractivity contribution in [2.75, 3.05) is 0 Å². The van der Waals surface area contributed by atoms with Gasteiger partial charge in [-0.1, -0.05) is 86.3 Å². The van der Waals surface area contributed by atoms with E-state index in [-0.39, 0.29) is 5.25 Å². The highest BCUT2D eigenvalue weighted by Crippen LogP contribution is 2.38. The van der Waals surface area contributed by atoms with Gasteiger partial charge in [0.1, 0.15) is 5.82 Å². The molecular formula is C18H19N3S. The van der Waals surface area contributed by atoms with Crippen molar-refractivity contribution in [3.63, 3.8) is 0 Å². The molecule has 0 aliphatic heterocycles. The molecule has 0 radical (unpaired) electrons. The molecule has 0 atom stereocenters. The average Bonchev–Trinajstić information content (AvgIpc) is 3.03. The molecule has 4 heteroatoms. The maximum absolute atomic E-state index is 4.60. The lowest BCUT2D eigenvalue weighted by molar-refractivity contribution is 0.780. The van der Waals surface area contributed by atoms with Crippen molar-refractivity contribution in [2.24, 2.45) is 0 Å². The molecule has 0 saturated heterocycles. The topological polar surface area (TPSA) is 41.6 Å². The van der Waals surface area contributed by atoms with Gasteiger partial charge in [0.25, 0.3) is 0 Å². The Morgan fingerprint density at radius 1 is 0.864 bits per heavy atom. The second kappa shape index (κ2) is 6.79. The highest BCUT2D eigenvalue weighted by atomic mass is 32.2. The minimum Gasteiger partial charge on any atom is -0.262 e. The molecule has 1 heterocycles. The van der Waals surface area contributed by atoms with Crippen LogP contribution in [-0.4, -0.2) is 15.2 Å². The number of aromatic nitrogens is 3. The summed E-state index contributed by atoms with van der Waals surface area (Å²) in [6.45, 7) is 4.22. The van der Waals surface area contributed by atoms with Gasteiger partial charge in [-0.2, -0.15) is 0 Å². The Balaban J connectivity index is 1.92. The molecule has 0 aliphatic rings. The van der Waals surface area contributed by atoms with Gasteiger partial charge in [-0.25, -0.2) is 4.98 Å². The molecular weight excluding hydrogens is 290 g/mol. The Morgan fingerprint density at radius 2 is 1.41 bits per heavy atom. The zero-order valence-corrected chi connectivity index (χ0v) is 13.5. The Morgan fingerprint density at radius 3 is 1.86 bits per heavy atom. The van der Waals surface area contributed by atoms with E-state index in [0.717, 1.165) is 11.0 Å². The predicted octanol–water partition coefficient (Wildman–Crippen LogP) is 4.81. The predicted molar refractivity (Wildman–Crippen MR) is 91.1 cm³/mol. The summed E-state index contributed by atoms with van der Waals surface area (Å²) in [5.74, 6) is 1.29. The molecule has 0 spiro atoms. The summed E-state index contributed by atoms with van der Waals surface area (Å²) >= 11 is 1.68. The summed E-state index contributed by atoms with van der Waals surface area (Å²) < 4.78 is 0. The number of hydrogen-bond acceptors (Lipinski definition) is 3. The second-order valence-corrected chi connectivity index (χ2v) is 6.55. The first-order valence-corrected chi connectivity index (χ1v) is 8.31. The van der Waals surface area contributed by atoms with E-state index in [2.05, 4.69) is 77.6 Å². The largest absolute Gasteiger partial charge is 0.262 e. The lowest BCUT2D eigenvalue weighted by Gasteiger charge is -2.15. The molecule has 1 aromatic heterocycles. The molecule has 0 saturated carbocycles. The molecule has 22 heavy (non-hydrogen) atoms. The Labute approximate surface area is 135 Å². The Hall–Kier alpha value is -2.07. The number of aromatic amines is 1. The smallest absolute Gasteiger partial charge is 0.209 e. The number of nitrogens with zero attached hydrogens (tertiary/aromatic N) is 2. The number of H-pyrrole nitrogens is 1. The molecule has 0 amide bonds. The van der Waals surface area contributed by atoms with Crippen LogP contribution in [0.1, 0.15) is 42.0 Å². The van der Waals surface area contributed by atoms with Crippen LogP contribution in [0.25, 0.3) is 0 Å². The van der Waals surface area contributed by atoms with Gasteiger partial charge >= 0.3 is 0 Å². The monoisotopic (exact) mass is 309 g/mol. The quantitative estimate of drug-likeness (QED) is 0.688. The number of hydrogen-bond donors (Lipinski definition) is 1. The highest BCUT2D eigenvalue weighted by Gasteiger charge is 2.18. The maximum atomic E-state index is 4.60. The second-order valence-electron chi connectivity index (χ2n) is 5.48. The van der Waals surface area contributed by atoms with Crippen LogP contribution in [0, 0.1) is 0 Å². The first-order chi connectivity index (χ1) is 10.7. The van der Waals surface area contributed by atoms with Crippen LogP contribution in [0.3, 0.4) is 0 Å². The zero-order chi connectivity index (χ0) is 15.4. The molecule has 3 rings (SSSR count). The summed E-state index contributed by atoms with van der Waals surface area (Å²) in [5.41, 5.74) is 2.52. The fourth-order valence-electron chi connectivity index (χ4n) is 2.26. The van der Waals surface area contributed by atoms with Gasteiger partial charge in [-0.15, -0.1) is 5.10 Å². The number of rotatable bonds is 5. The summed E-state index contributed by atoms with van der Waals surface area (Å²) in [6, 6.07) is 21.0. The van der Waals surface area contributed by atoms with E-state index in [9.17, 15) is 0 Å². The molecule has 2 aromatic carbocycles. The fraction of sp³-hybridized carbons (Fsp3) is 0.222. The molecule has 0 unspecified atom stereocenters. The lowest BCUT2D eigenvalue weighted by atomic mass is 10.0. The van der Waals surface area contributed by atoms with E-state index >= 15 is 0 Å². The van der Waals surface area contributed by atoms with E-state index in [4.69, 9.17) is 0 Å². The van der Waals surface area contributed by atoms with Gasteiger partial charge in [0.05, 0.1) is 5.25 Å². The lowest BCUT2D eigenvalue weighted by Crippen LogP contribution is -1.97. The van der Waals surface area contributed by atoms with Crippen LogP contribution in [0.15, 0.2) is 65.8 Å². The SMILES string of the molecule is CC(C)c1nc(SC(c2ccccc2)c2ccccc2)n[nH]1. The van der Waals surface area contributed by atoms with Crippen molar-refractivity contribution < 1.29 is 0 Å². The fourth-order valence-corrected chi connectivity index (χ4v) is 3.31. The number of benzene rings is 2. The van der Waals surface area contributed by atoms with Crippen LogP contribution in [0.4, 0.5) is 0 Å². The molecule has 1 N–H and O–H groups in total. The third kappa shape index (κ3) is 3.39. The van der Waals surface area contributed by atoms with E-state index in [1.165, 1.54) is 11.1 Å². The molecule has 3 nitrogen and oxygen atoms in total. The third-order valence-electron chi connectivity index (χ3n) is 3.46. The van der Waals surface area contributed by atoms with Gasteiger partial charge in [-0.3, -0.25) is 5.10 Å². The van der Waals surface area contributed by atoms with Crippen molar-refractivity contribution in [3.05, 3.63) is 77.6 Å². The molecule has 112 valence electrons. The van der Waals surface area contributed by atoms with Crippen LogP contribution < -0.4 is 0 Å². The van der Waals surface area contributed by atoms with E-state index in [1.54, 1.807) is 11.8 Å². The van der Waals surface area contributed by atoms with E-state index in [1.807, 2.05) is 12.1 Å². The van der Waals surface area contributed by atoms with Gasteiger partial charge in [0.2, 0.25) is 5.16 Å². The Bertz CT molecular complexity index is 668. The summed E-state index contributed by atoms with van der Waals surface area (Å²) in [4.78, 5) is 4.60. The van der Waals surface area contributed by atoms with Gasteiger partial charge in [0, 0.05) is 5.92 Å². The summed E-state index contributed by atoms with van der Waals surface area (Å²) in [6.07, 6.45) is 0. The van der Waals surface area contributed by atoms with E-state index < -0.39 is 0 Å². The molecule has 3 aromatic rings. The average molecular weight is 309 g/mol. The van der Waals surface area contributed by atoms with Crippen molar-refractivity contribution in [1.29, 1.82) is 0 Å². The Kier molecular flexibility index (Phi) is 4.59. The highest BCUT2D eigenvalue weighted by molar-refractivity contribution is 7.99. The van der Waals surface area contributed by atoms with Gasteiger partial charge in [-0.05, 0) is 11.1 Å². The van der Waals surface area contributed by atoms with Crippen LogP contribution in [0.2, 0.25) is 0 Å². The standard InChI is InChI=1S/C18H19N3S/c1-13(2)17-19-18(21-20-17)22-16(14-9-5-3-6-10-14)15-11-7-4-8-12-15/h3-13,16H,1-2H3,(H,19,20,21). The normalized spacial score (nSPS) is 11.3. The van der Waals surface area contributed by atoms with Crippen molar-refractivity contribution in [1.82, 2.24) is 15.2 Å².